The predicted octanol–water partition coefficient (Wildman–Crippen LogP) is 4.79. The quantitative estimate of drug-likeness (QED) is 0.810. The lowest BCUT2D eigenvalue weighted by Crippen LogP contribution is -1.91. The van der Waals surface area contributed by atoms with E-state index >= 15 is 0 Å². The van der Waals surface area contributed by atoms with Crippen LogP contribution in [0.1, 0.15) is 5.56 Å². The average molecular weight is 313 g/mol. The zero-order chi connectivity index (χ0) is 12.4. The first-order chi connectivity index (χ1) is 8.06. The Kier molecular flexibility index (Phi) is 3.60. The standard InChI is InChI=1S/C13H11BrClNO/c1-8-6-10(3-5-12(8)16)17-13-7-9(14)2-4-11(13)15/h2-7H,16H2,1H3. The van der Waals surface area contributed by atoms with Crippen molar-refractivity contribution in [3.63, 3.8) is 0 Å². The van der Waals surface area contributed by atoms with Crippen LogP contribution in [0.25, 0.3) is 0 Å². The van der Waals surface area contributed by atoms with E-state index in [-0.39, 0.29) is 0 Å². The van der Waals surface area contributed by atoms with Gasteiger partial charge in [-0.3, -0.25) is 0 Å². The van der Waals surface area contributed by atoms with Gasteiger partial charge in [0.1, 0.15) is 11.5 Å². The van der Waals surface area contributed by atoms with Gasteiger partial charge in [-0.1, -0.05) is 27.5 Å². The van der Waals surface area contributed by atoms with Crippen molar-refractivity contribution in [2.75, 3.05) is 5.73 Å². The maximum atomic E-state index is 6.05. The molecule has 2 N–H and O–H groups in total. The molecule has 17 heavy (non-hydrogen) atoms. The molecule has 0 fully saturated rings. The summed E-state index contributed by atoms with van der Waals surface area (Å²) in [5.41, 5.74) is 7.48. The van der Waals surface area contributed by atoms with Gasteiger partial charge in [0.05, 0.1) is 5.02 Å². The van der Waals surface area contributed by atoms with Gasteiger partial charge in [0.25, 0.3) is 0 Å². The molecule has 0 amide bonds. The molecule has 0 unspecified atom stereocenters. The van der Waals surface area contributed by atoms with Crippen molar-refractivity contribution in [2.24, 2.45) is 0 Å². The van der Waals surface area contributed by atoms with Gasteiger partial charge in [-0.25, -0.2) is 0 Å². The van der Waals surface area contributed by atoms with Gasteiger partial charge < -0.3 is 10.5 Å². The first kappa shape index (κ1) is 12.3. The molecule has 2 aromatic carbocycles. The Balaban J connectivity index is 2.31. The molecule has 0 aliphatic rings. The molecule has 4 heteroatoms. The zero-order valence-corrected chi connectivity index (χ0v) is 11.5. The van der Waals surface area contributed by atoms with Gasteiger partial charge in [0.2, 0.25) is 0 Å². The minimum absolute atomic E-state index is 0.572. The van der Waals surface area contributed by atoms with Crippen LogP contribution in [0.4, 0.5) is 5.69 Å². The molecular weight excluding hydrogens is 302 g/mol. The van der Waals surface area contributed by atoms with Crippen molar-refractivity contribution >= 4 is 33.2 Å². The highest BCUT2D eigenvalue weighted by Crippen LogP contribution is 2.32. The van der Waals surface area contributed by atoms with Crippen molar-refractivity contribution in [1.29, 1.82) is 0 Å². The summed E-state index contributed by atoms with van der Waals surface area (Å²) in [5.74, 6) is 1.34. The van der Waals surface area contributed by atoms with Gasteiger partial charge >= 0.3 is 0 Å². The molecule has 0 atom stereocenters. The molecule has 2 rings (SSSR count). The van der Waals surface area contributed by atoms with Gasteiger partial charge in [-0.2, -0.15) is 0 Å². The molecular formula is C13H11BrClNO. The highest BCUT2D eigenvalue weighted by molar-refractivity contribution is 9.10. The van der Waals surface area contributed by atoms with E-state index in [1.54, 1.807) is 6.07 Å². The molecule has 0 aliphatic heterocycles. The Morgan fingerprint density at radius 2 is 1.94 bits per heavy atom. The van der Waals surface area contributed by atoms with Crippen LogP contribution < -0.4 is 10.5 Å². The fourth-order valence-electron chi connectivity index (χ4n) is 1.39. The van der Waals surface area contributed by atoms with E-state index in [1.165, 1.54) is 0 Å². The summed E-state index contributed by atoms with van der Waals surface area (Å²) in [6, 6.07) is 11.0. The first-order valence-corrected chi connectivity index (χ1v) is 6.22. The first-order valence-electron chi connectivity index (χ1n) is 5.05. The third-order valence-corrected chi connectivity index (χ3v) is 3.17. The summed E-state index contributed by atoms with van der Waals surface area (Å²) in [7, 11) is 0. The highest BCUT2D eigenvalue weighted by atomic mass is 79.9. The van der Waals surface area contributed by atoms with Crippen LogP contribution in [-0.4, -0.2) is 0 Å². The Hall–Kier alpha value is -1.19. The molecule has 0 spiro atoms. The predicted molar refractivity (Wildman–Crippen MR) is 74.8 cm³/mol. The van der Waals surface area contributed by atoms with Crippen LogP contribution in [0.2, 0.25) is 5.02 Å². The molecule has 0 heterocycles. The maximum Gasteiger partial charge on any atom is 0.147 e. The number of nitrogen functional groups attached to an aromatic ring is 1. The summed E-state index contributed by atoms with van der Waals surface area (Å²) in [5, 5.41) is 0.572. The Morgan fingerprint density at radius 1 is 1.18 bits per heavy atom. The molecule has 2 aromatic rings. The summed E-state index contributed by atoms with van der Waals surface area (Å²) >= 11 is 9.42. The molecule has 0 radical (unpaired) electrons. The Labute approximate surface area is 113 Å². The second kappa shape index (κ2) is 4.98. The number of anilines is 1. The zero-order valence-electron chi connectivity index (χ0n) is 9.21. The van der Waals surface area contributed by atoms with Crippen molar-refractivity contribution in [3.8, 4) is 11.5 Å². The third-order valence-electron chi connectivity index (χ3n) is 2.36. The second-order valence-electron chi connectivity index (χ2n) is 3.70. The number of rotatable bonds is 2. The molecule has 0 bridgehead atoms. The average Bonchev–Trinajstić information content (AvgIpc) is 2.29. The van der Waals surface area contributed by atoms with Gasteiger partial charge in [-0.05, 0) is 48.9 Å². The van der Waals surface area contributed by atoms with E-state index in [1.807, 2.05) is 37.3 Å². The largest absolute Gasteiger partial charge is 0.456 e. The number of benzene rings is 2. The normalized spacial score (nSPS) is 10.3. The summed E-state index contributed by atoms with van der Waals surface area (Å²) in [4.78, 5) is 0. The van der Waals surface area contributed by atoms with Crippen LogP contribution in [0, 0.1) is 6.92 Å². The highest BCUT2D eigenvalue weighted by Gasteiger charge is 2.05. The van der Waals surface area contributed by atoms with Crippen LogP contribution in [0.15, 0.2) is 40.9 Å². The van der Waals surface area contributed by atoms with Crippen LogP contribution in [0.3, 0.4) is 0 Å². The molecule has 0 aliphatic carbocycles. The number of aryl methyl sites for hydroxylation is 1. The fourth-order valence-corrected chi connectivity index (χ4v) is 1.89. The lowest BCUT2D eigenvalue weighted by Gasteiger charge is -2.09. The smallest absolute Gasteiger partial charge is 0.147 e. The van der Waals surface area contributed by atoms with E-state index in [0.717, 1.165) is 21.5 Å². The maximum absolute atomic E-state index is 6.05. The van der Waals surface area contributed by atoms with Crippen LogP contribution in [-0.2, 0) is 0 Å². The summed E-state index contributed by atoms with van der Waals surface area (Å²) in [6.07, 6.45) is 0. The van der Waals surface area contributed by atoms with Gasteiger partial charge in [0, 0.05) is 10.2 Å². The van der Waals surface area contributed by atoms with Gasteiger partial charge in [-0.15, -0.1) is 0 Å². The second-order valence-corrected chi connectivity index (χ2v) is 5.02. The fraction of sp³-hybridized carbons (Fsp3) is 0.0769. The number of hydrogen-bond donors (Lipinski definition) is 1. The Bertz CT molecular complexity index is 557. The van der Waals surface area contributed by atoms with E-state index in [4.69, 9.17) is 22.1 Å². The number of hydrogen-bond acceptors (Lipinski definition) is 2. The lowest BCUT2D eigenvalue weighted by atomic mass is 10.2. The summed E-state index contributed by atoms with van der Waals surface area (Å²) < 4.78 is 6.63. The van der Waals surface area contributed by atoms with Crippen molar-refractivity contribution in [3.05, 3.63) is 51.5 Å². The minimum Gasteiger partial charge on any atom is -0.456 e. The number of nitrogens with two attached hydrogens (primary N) is 1. The molecule has 0 aromatic heterocycles. The molecule has 88 valence electrons. The number of halogens is 2. The lowest BCUT2D eigenvalue weighted by molar-refractivity contribution is 0.482. The topological polar surface area (TPSA) is 35.2 Å². The number of ether oxygens (including phenoxy) is 1. The molecule has 0 saturated heterocycles. The summed E-state index contributed by atoms with van der Waals surface area (Å²) in [6.45, 7) is 1.94. The van der Waals surface area contributed by atoms with E-state index in [2.05, 4.69) is 15.9 Å². The monoisotopic (exact) mass is 311 g/mol. The van der Waals surface area contributed by atoms with Crippen molar-refractivity contribution in [1.82, 2.24) is 0 Å². The minimum atomic E-state index is 0.572. The van der Waals surface area contributed by atoms with Crippen molar-refractivity contribution < 1.29 is 4.74 Å². The van der Waals surface area contributed by atoms with Crippen molar-refractivity contribution in [2.45, 2.75) is 6.92 Å². The molecule has 2 nitrogen and oxygen atoms in total. The Morgan fingerprint density at radius 3 is 2.65 bits per heavy atom. The van der Waals surface area contributed by atoms with E-state index in [0.29, 0.717) is 10.8 Å². The van der Waals surface area contributed by atoms with E-state index in [9.17, 15) is 0 Å². The third kappa shape index (κ3) is 2.93. The van der Waals surface area contributed by atoms with Crippen LogP contribution in [0.5, 0.6) is 11.5 Å². The SMILES string of the molecule is Cc1cc(Oc2cc(Br)ccc2Cl)ccc1N. The molecule has 0 saturated carbocycles. The van der Waals surface area contributed by atoms with Gasteiger partial charge in [0.15, 0.2) is 0 Å². The van der Waals surface area contributed by atoms with E-state index < -0.39 is 0 Å². The van der Waals surface area contributed by atoms with Crippen LogP contribution >= 0.6 is 27.5 Å².